The Balaban J connectivity index is 1.58. The summed E-state index contributed by atoms with van der Waals surface area (Å²) in [6, 6.07) is 7.47. The van der Waals surface area contributed by atoms with Gasteiger partial charge in [0.1, 0.15) is 6.10 Å². The van der Waals surface area contributed by atoms with E-state index >= 15 is 0 Å². The minimum absolute atomic E-state index is 0.0657. The van der Waals surface area contributed by atoms with E-state index in [-0.39, 0.29) is 24.3 Å². The van der Waals surface area contributed by atoms with Gasteiger partial charge in [0.15, 0.2) is 0 Å². The number of halogens is 1. The fraction of sp³-hybridized carbons (Fsp3) is 0.529. The zero-order valence-corrected chi connectivity index (χ0v) is 14.5. The zero-order chi connectivity index (χ0) is 17.1. The van der Waals surface area contributed by atoms with Crippen LogP contribution in [0.2, 0.25) is 5.02 Å². The van der Waals surface area contributed by atoms with Crippen LogP contribution >= 0.6 is 11.6 Å². The van der Waals surface area contributed by atoms with Crippen molar-refractivity contribution in [2.75, 3.05) is 26.2 Å². The molecule has 2 saturated heterocycles. The van der Waals surface area contributed by atoms with Crippen LogP contribution in [0.1, 0.15) is 18.9 Å². The molecule has 0 saturated carbocycles. The number of hydrogen-bond acceptors (Lipinski definition) is 3. The lowest BCUT2D eigenvalue weighted by molar-refractivity contribution is 0.123. The van der Waals surface area contributed by atoms with Crippen LogP contribution in [0.15, 0.2) is 24.3 Å². The first kappa shape index (κ1) is 16.9. The lowest BCUT2D eigenvalue weighted by Crippen LogP contribution is -2.43. The molecule has 0 bridgehead atoms. The predicted octanol–water partition coefficient (Wildman–Crippen LogP) is 2.51. The van der Waals surface area contributed by atoms with Gasteiger partial charge >= 0.3 is 12.1 Å². The first-order valence-electron chi connectivity index (χ1n) is 8.33. The molecule has 1 N–H and O–H groups in total. The average molecular weight is 352 g/mol. The van der Waals surface area contributed by atoms with E-state index < -0.39 is 0 Å². The van der Waals surface area contributed by atoms with Crippen LogP contribution in [0, 0.1) is 0 Å². The van der Waals surface area contributed by atoms with Gasteiger partial charge < -0.3 is 15.0 Å². The third-order valence-electron chi connectivity index (χ3n) is 4.47. The van der Waals surface area contributed by atoms with Crippen LogP contribution in [0.5, 0.6) is 0 Å². The van der Waals surface area contributed by atoms with Gasteiger partial charge in [0.05, 0.1) is 12.6 Å². The number of benzene rings is 1. The van der Waals surface area contributed by atoms with Gasteiger partial charge in [-0.2, -0.15) is 0 Å². The fourth-order valence-electron chi connectivity index (χ4n) is 3.21. The molecule has 0 aromatic heterocycles. The Morgan fingerprint density at radius 2 is 2.25 bits per heavy atom. The van der Waals surface area contributed by atoms with Gasteiger partial charge in [0, 0.05) is 24.7 Å². The second-order valence-corrected chi connectivity index (χ2v) is 6.64. The molecule has 2 atom stereocenters. The largest absolute Gasteiger partial charge is 0.442 e. The number of rotatable bonds is 5. The molecular weight excluding hydrogens is 330 g/mol. The fourth-order valence-corrected chi connectivity index (χ4v) is 3.43. The minimum atomic E-state index is -0.291. The van der Waals surface area contributed by atoms with Gasteiger partial charge in [0.25, 0.3) is 0 Å². The monoisotopic (exact) mass is 351 g/mol. The zero-order valence-electron chi connectivity index (χ0n) is 13.7. The third-order valence-corrected chi connectivity index (χ3v) is 4.70. The summed E-state index contributed by atoms with van der Waals surface area (Å²) >= 11 is 6.00. The van der Waals surface area contributed by atoms with Crippen molar-refractivity contribution in [3.63, 3.8) is 0 Å². The highest BCUT2D eigenvalue weighted by Gasteiger charge is 2.48. The number of likely N-dealkylation sites (tertiary alicyclic amines) is 1. The SMILES string of the molecule is CCCNC(=O)N1C[C@H]2OC(=O)N(CCc3cccc(Cl)c3)[C@H]2C1. The number of fused-ring (bicyclic) bond motifs is 1. The molecule has 24 heavy (non-hydrogen) atoms. The minimum Gasteiger partial charge on any atom is -0.442 e. The molecule has 2 heterocycles. The van der Waals surface area contributed by atoms with Gasteiger partial charge in [-0.1, -0.05) is 30.7 Å². The Bertz CT molecular complexity index is 625. The van der Waals surface area contributed by atoms with Gasteiger partial charge in [-0.25, -0.2) is 9.59 Å². The molecule has 2 fully saturated rings. The van der Waals surface area contributed by atoms with E-state index in [4.69, 9.17) is 16.3 Å². The lowest BCUT2D eigenvalue weighted by Gasteiger charge is -2.22. The Morgan fingerprint density at radius 1 is 1.42 bits per heavy atom. The first-order valence-corrected chi connectivity index (χ1v) is 8.70. The summed E-state index contributed by atoms with van der Waals surface area (Å²) in [4.78, 5) is 27.6. The first-order chi connectivity index (χ1) is 11.6. The molecule has 7 heteroatoms. The Morgan fingerprint density at radius 3 is 3.00 bits per heavy atom. The van der Waals surface area contributed by atoms with E-state index in [0.29, 0.717) is 37.6 Å². The van der Waals surface area contributed by atoms with Crippen molar-refractivity contribution >= 4 is 23.7 Å². The summed E-state index contributed by atoms with van der Waals surface area (Å²) in [5.74, 6) is 0. The van der Waals surface area contributed by atoms with Crippen molar-refractivity contribution in [2.24, 2.45) is 0 Å². The second-order valence-electron chi connectivity index (χ2n) is 6.20. The summed E-state index contributed by atoms with van der Waals surface area (Å²) in [7, 11) is 0. The highest BCUT2D eigenvalue weighted by Crippen LogP contribution is 2.27. The normalized spacial score (nSPS) is 22.5. The van der Waals surface area contributed by atoms with Gasteiger partial charge in [0.2, 0.25) is 0 Å². The van der Waals surface area contributed by atoms with Crippen molar-refractivity contribution in [1.82, 2.24) is 15.1 Å². The number of hydrogen-bond donors (Lipinski definition) is 1. The van der Waals surface area contributed by atoms with Crippen molar-refractivity contribution in [1.29, 1.82) is 0 Å². The molecule has 1 aromatic rings. The highest BCUT2D eigenvalue weighted by molar-refractivity contribution is 6.30. The molecule has 0 radical (unpaired) electrons. The molecule has 6 nitrogen and oxygen atoms in total. The predicted molar refractivity (Wildman–Crippen MR) is 91.2 cm³/mol. The quantitative estimate of drug-likeness (QED) is 0.886. The summed E-state index contributed by atoms with van der Waals surface area (Å²) in [6.07, 6.45) is 1.08. The number of carbonyl (C=O) groups is 2. The molecule has 2 aliphatic heterocycles. The van der Waals surface area contributed by atoms with Crippen LogP contribution < -0.4 is 5.32 Å². The molecule has 3 amide bonds. The smallest absolute Gasteiger partial charge is 0.410 e. The number of ether oxygens (including phenoxy) is 1. The number of nitrogens with one attached hydrogen (secondary N) is 1. The van der Waals surface area contributed by atoms with E-state index in [1.54, 1.807) is 9.80 Å². The van der Waals surface area contributed by atoms with Crippen molar-refractivity contribution in [2.45, 2.75) is 31.9 Å². The van der Waals surface area contributed by atoms with Crippen LogP contribution in [0.4, 0.5) is 9.59 Å². The van der Waals surface area contributed by atoms with E-state index in [9.17, 15) is 9.59 Å². The summed E-state index contributed by atoms with van der Waals surface area (Å²) in [5.41, 5.74) is 1.08. The summed E-state index contributed by atoms with van der Waals surface area (Å²) in [6.45, 7) is 4.20. The Hall–Kier alpha value is -1.95. The molecule has 2 aliphatic rings. The number of amides is 3. The summed E-state index contributed by atoms with van der Waals surface area (Å²) in [5, 5.41) is 3.56. The molecule has 1 aromatic carbocycles. The summed E-state index contributed by atoms with van der Waals surface area (Å²) < 4.78 is 5.43. The molecule has 0 spiro atoms. The van der Waals surface area contributed by atoms with E-state index in [0.717, 1.165) is 12.0 Å². The number of carbonyl (C=O) groups excluding carboxylic acids is 2. The maximum Gasteiger partial charge on any atom is 0.410 e. The second kappa shape index (κ2) is 7.30. The topological polar surface area (TPSA) is 61.9 Å². The molecule has 130 valence electrons. The Labute approximate surface area is 146 Å². The maximum absolute atomic E-state index is 12.1. The van der Waals surface area contributed by atoms with E-state index in [2.05, 4.69) is 5.32 Å². The van der Waals surface area contributed by atoms with Crippen molar-refractivity contribution < 1.29 is 14.3 Å². The lowest BCUT2D eigenvalue weighted by atomic mass is 10.1. The van der Waals surface area contributed by atoms with Crippen LogP contribution in [-0.2, 0) is 11.2 Å². The number of nitrogens with zero attached hydrogens (tertiary/aromatic N) is 2. The van der Waals surface area contributed by atoms with Crippen LogP contribution in [0.3, 0.4) is 0 Å². The third kappa shape index (κ3) is 3.59. The van der Waals surface area contributed by atoms with Gasteiger partial charge in [-0.15, -0.1) is 0 Å². The van der Waals surface area contributed by atoms with Crippen molar-refractivity contribution in [3.8, 4) is 0 Å². The van der Waals surface area contributed by atoms with E-state index in [1.165, 1.54) is 0 Å². The Kier molecular flexibility index (Phi) is 5.14. The van der Waals surface area contributed by atoms with Gasteiger partial charge in [-0.05, 0) is 30.5 Å². The molecular formula is C17H22ClN3O3. The average Bonchev–Trinajstić information content (AvgIpc) is 3.08. The highest BCUT2D eigenvalue weighted by atomic mass is 35.5. The standard InChI is InChI=1S/C17H22ClN3O3/c1-2-7-19-16(22)20-10-14-15(11-20)24-17(23)21(14)8-6-12-4-3-5-13(18)9-12/h3-5,9,14-15H,2,6-8,10-11H2,1H3,(H,19,22)/t14-,15+/m0/s1. The van der Waals surface area contributed by atoms with Crippen LogP contribution in [0.25, 0.3) is 0 Å². The molecule has 0 unspecified atom stereocenters. The van der Waals surface area contributed by atoms with Crippen molar-refractivity contribution in [3.05, 3.63) is 34.9 Å². The van der Waals surface area contributed by atoms with E-state index in [1.807, 2.05) is 31.2 Å². The number of urea groups is 1. The maximum atomic E-state index is 12.1. The molecule has 3 rings (SSSR count). The molecule has 0 aliphatic carbocycles. The van der Waals surface area contributed by atoms with Crippen LogP contribution in [-0.4, -0.2) is 60.2 Å². The van der Waals surface area contributed by atoms with Gasteiger partial charge in [-0.3, -0.25) is 4.90 Å².